The Morgan fingerprint density at radius 2 is 1.71 bits per heavy atom. The topological polar surface area (TPSA) is 88.4 Å². The van der Waals surface area contributed by atoms with Gasteiger partial charge in [-0.25, -0.2) is 0 Å². The third-order valence-electron chi connectivity index (χ3n) is 4.44. The van der Waals surface area contributed by atoms with E-state index < -0.39 is 23.8 Å². The van der Waals surface area contributed by atoms with Gasteiger partial charge in [0.15, 0.2) is 6.10 Å². The van der Waals surface area contributed by atoms with Crippen LogP contribution in [0.1, 0.15) is 17.0 Å². The number of rotatable bonds is 6. The zero-order valence-corrected chi connectivity index (χ0v) is 14.9. The monoisotopic (exact) mass is 394 g/mol. The molecule has 1 aliphatic heterocycles. The second-order valence-electron chi connectivity index (χ2n) is 6.43. The van der Waals surface area contributed by atoms with E-state index >= 15 is 0 Å². The number of carbonyl (C=O) groups is 1. The maximum Gasteiger partial charge on any atom is 0.416 e. The number of alkyl halides is 3. The fraction of sp³-hybridized carbons (Fsp3) is 0.316. The Hall–Kier alpha value is -2.62. The molecule has 1 unspecified atom stereocenters. The number of hydrogen-bond acceptors (Lipinski definition) is 5. The Balaban J connectivity index is 1.60. The molecule has 150 valence electrons. The Morgan fingerprint density at radius 1 is 1.11 bits per heavy atom. The lowest BCUT2D eigenvalue weighted by atomic mass is 10.0. The van der Waals surface area contributed by atoms with Crippen LogP contribution >= 0.6 is 0 Å². The van der Waals surface area contributed by atoms with Crippen LogP contribution in [0.15, 0.2) is 48.5 Å². The average molecular weight is 394 g/mol. The summed E-state index contributed by atoms with van der Waals surface area (Å²) in [5.74, 6) is 0.0269. The Kier molecular flexibility index (Phi) is 6.18. The van der Waals surface area contributed by atoms with E-state index in [-0.39, 0.29) is 12.3 Å². The van der Waals surface area contributed by atoms with E-state index in [1.165, 1.54) is 0 Å². The van der Waals surface area contributed by atoms with Gasteiger partial charge in [0.2, 0.25) is 0 Å². The fourth-order valence-corrected chi connectivity index (χ4v) is 2.86. The third kappa shape index (κ3) is 5.00. The van der Waals surface area contributed by atoms with E-state index in [2.05, 4.69) is 16.2 Å². The molecular formula is C19H21F3N4O2. The number of benzene rings is 2. The maximum absolute atomic E-state index is 12.6. The molecule has 28 heavy (non-hydrogen) atoms. The lowest BCUT2D eigenvalue weighted by molar-refractivity contribution is -0.137. The van der Waals surface area contributed by atoms with Crippen LogP contribution in [0.5, 0.6) is 5.75 Å². The van der Waals surface area contributed by atoms with Gasteiger partial charge in [0.25, 0.3) is 5.91 Å². The largest absolute Gasteiger partial charge is 0.479 e. The van der Waals surface area contributed by atoms with E-state index in [1.54, 1.807) is 12.1 Å². The molecule has 1 saturated heterocycles. The van der Waals surface area contributed by atoms with Gasteiger partial charge < -0.3 is 15.8 Å². The summed E-state index contributed by atoms with van der Waals surface area (Å²) in [6.07, 6.45) is -5.46. The van der Waals surface area contributed by atoms with Crippen molar-refractivity contribution in [1.29, 1.82) is 0 Å². The summed E-state index contributed by atoms with van der Waals surface area (Å²) in [7, 11) is 0. The predicted molar refractivity (Wildman–Crippen MR) is 98.7 cm³/mol. The maximum atomic E-state index is 12.6. The second-order valence-corrected chi connectivity index (χ2v) is 6.43. The van der Waals surface area contributed by atoms with Crippen molar-refractivity contribution >= 4 is 11.6 Å². The van der Waals surface area contributed by atoms with E-state index in [0.29, 0.717) is 11.6 Å². The van der Waals surface area contributed by atoms with Gasteiger partial charge in [0.1, 0.15) is 5.75 Å². The number of nitrogens with one attached hydrogen (secondary N) is 3. The van der Waals surface area contributed by atoms with Crippen LogP contribution in [-0.4, -0.2) is 31.6 Å². The van der Waals surface area contributed by atoms with Crippen LogP contribution in [0.4, 0.5) is 18.9 Å². The summed E-state index contributed by atoms with van der Waals surface area (Å²) < 4.78 is 43.3. The fourth-order valence-electron chi connectivity index (χ4n) is 2.86. The van der Waals surface area contributed by atoms with Gasteiger partial charge in [-0.3, -0.25) is 15.6 Å². The molecule has 0 radical (unpaired) electrons. The SMILES string of the molecule is NCC(Oc1ccc(C(F)(F)F)cc1)C(=O)Nc1ccc(C2CNNC2)cc1. The molecular weight excluding hydrogens is 373 g/mol. The number of anilines is 1. The highest BCUT2D eigenvalue weighted by atomic mass is 19.4. The van der Waals surface area contributed by atoms with Crippen molar-refractivity contribution in [2.75, 3.05) is 25.0 Å². The summed E-state index contributed by atoms with van der Waals surface area (Å²) >= 11 is 0. The number of carbonyl (C=O) groups excluding carboxylic acids is 1. The molecule has 3 rings (SSSR count). The molecule has 1 atom stereocenters. The van der Waals surface area contributed by atoms with E-state index in [4.69, 9.17) is 10.5 Å². The summed E-state index contributed by atoms with van der Waals surface area (Å²) in [4.78, 5) is 12.4. The highest BCUT2D eigenvalue weighted by molar-refractivity contribution is 5.94. The molecule has 0 saturated carbocycles. The molecule has 2 aromatic carbocycles. The molecule has 2 aromatic rings. The van der Waals surface area contributed by atoms with E-state index in [9.17, 15) is 18.0 Å². The van der Waals surface area contributed by atoms with E-state index in [1.807, 2.05) is 12.1 Å². The minimum absolute atomic E-state index is 0.121. The third-order valence-corrected chi connectivity index (χ3v) is 4.44. The van der Waals surface area contributed by atoms with Crippen molar-refractivity contribution in [2.24, 2.45) is 5.73 Å². The molecule has 1 heterocycles. The minimum atomic E-state index is -4.43. The highest BCUT2D eigenvalue weighted by Crippen LogP contribution is 2.30. The molecule has 0 bridgehead atoms. The number of hydrazine groups is 1. The average Bonchev–Trinajstić information content (AvgIpc) is 3.21. The lowest BCUT2D eigenvalue weighted by Gasteiger charge is -2.18. The van der Waals surface area contributed by atoms with Crippen molar-refractivity contribution in [1.82, 2.24) is 10.9 Å². The number of ether oxygens (including phenoxy) is 1. The molecule has 1 amide bonds. The molecule has 0 spiro atoms. The standard InChI is InChI=1S/C19H21F3N4O2/c20-19(21,22)14-3-7-16(8-4-14)28-17(9-23)18(27)26-15-5-1-12(2-6-15)13-10-24-25-11-13/h1-8,13,17,24-25H,9-11,23H2,(H,26,27). The molecule has 5 N–H and O–H groups in total. The normalized spacial score (nSPS) is 16.0. The lowest BCUT2D eigenvalue weighted by Crippen LogP contribution is -2.39. The summed E-state index contributed by atoms with van der Waals surface area (Å²) in [5, 5.41) is 2.71. The Morgan fingerprint density at radius 3 is 2.25 bits per heavy atom. The van der Waals surface area contributed by atoms with Gasteiger partial charge in [-0.2, -0.15) is 13.2 Å². The van der Waals surface area contributed by atoms with Crippen LogP contribution in [0.3, 0.4) is 0 Å². The van der Waals surface area contributed by atoms with Crippen molar-refractivity contribution in [2.45, 2.75) is 18.2 Å². The van der Waals surface area contributed by atoms with Crippen LogP contribution in [0.25, 0.3) is 0 Å². The predicted octanol–water partition coefficient (Wildman–Crippen LogP) is 2.24. The van der Waals surface area contributed by atoms with Crippen LogP contribution < -0.4 is 26.6 Å². The van der Waals surface area contributed by atoms with Gasteiger partial charge in [0, 0.05) is 31.2 Å². The number of amides is 1. The quantitative estimate of drug-likeness (QED) is 0.604. The summed E-state index contributed by atoms with van der Waals surface area (Å²) in [6, 6.07) is 11.6. The molecule has 6 nitrogen and oxygen atoms in total. The van der Waals surface area contributed by atoms with Crippen LogP contribution in [-0.2, 0) is 11.0 Å². The van der Waals surface area contributed by atoms with Gasteiger partial charge >= 0.3 is 6.18 Å². The summed E-state index contributed by atoms with van der Waals surface area (Å²) in [5.41, 5.74) is 12.7. The molecule has 1 aliphatic rings. The zero-order chi connectivity index (χ0) is 20.1. The first-order valence-corrected chi connectivity index (χ1v) is 8.77. The van der Waals surface area contributed by atoms with Crippen molar-refractivity contribution < 1.29 is 22.7 Å². The minimum Gasteiger partial charge on any atom is -0.479 e. The first-order chi connectivity index (χ1) is 13.4. The summed E-state index contributed by atoms with van der Waals surface area (Å²) in [6.45, 7) is 1.55. The van der Waals surface area contributed by atoms with Crippen LogP contribution in [0.2, 0.25) is 0 Å². The number of halogens is 3. The van der Waals surface area contributed by atoms with Gasteiger partial charge in [-0.15, -0.1) is 0 Å². The molecule has 0 aromatic heterocycles. The first kappa shape index (κ1) is 20.1. The zero-order valence-electron chi connectivity index (χ0n) is 14.9. The molecule has 1 fully saturated rings. The van der Waals surface area contributed by atoms with E-state index in [0.717, 1.165) is 42.9 Å². The van der Waals surface area contributed by atoms with Gasteiger partial charge in [-0.05, 0) is 42.0 Å². The van der Waals surface area contributed by atoms with Gasteiger partial charge in [0.05, 0.1) is 5.56 Å². The second kappa shape index (κ2) is 8.59. The molecule has 0 aliphatic carbocycles. The Bertz CT molecular complexity index is 788. The molecule has 9 heteroatoms. The smallest absolute Gasteiger partial charge is 0.416 e. The van der Waals surface area contributed by atoms with Gasteiger partial charge in [-0.1, -0.05) is 12.1 Å². The van der Waals surface area contributed by atoms with Crippen molar-refractivity contribution in [3.05, 3.63) is 59.7 Å². The number of nitrogens with two attached hydrogens (primary N) is 1. The highest BCUT2D eigenvalue weighted by Gasteiger charge is 2.30. The van der Waals surface area contributed by atoms with Crippen LogP contribution in [0, 0.1) is 0 Å². The number of hydrogen-bond donors (Lipinski definition) is 4. The van der Waals surface area contributed by atoms with Crippen molar-refractivity contribution in [3.8, 4) is 5.75 Å². The first-order valence-electron chi connectivity index (χ1n) is 8.77. The van der Waals surface area contributed by atoms with Crippen molar-refractivity contribution in [3.63, 3.8) is 0 Å². The Labute approximate surface area is 160 Å².